The molecule has 10 heteroatoms. The van der Waals surface area contributed by atoms with Gasteiger partial charge in [-0.3, -0.25) is 13.9 Å². The number of nitrogens with one attached hydrogen (secondary N) is 1. The molecule has 0 aliphatic rings. The zero-order valence-electron chi connectivity index (χ0n) is 22.2. The third-order valence-electron chi connectivity index (χ3n) is 6.25. The van der Waals surface area contributed by atoms with Gasteiger partial charge in [-0.15, -0.1) is 0 Å². The summed E-state index contributed by atoms with van der Waals surface area (Å²) >= 11 is 3.38. The minimum absolute atomic E-state index is 0.00161. The number of halogens is 2. The van der Waals surface area contributed by atoms with E-state index in [9.17, 15) is 22.4 Å². The van der Waals surface area contributed by atoms with E-state index in [0.29, 0.717) is 22.3 Å². The molecular formula is C29H33BrFN3O4S. The van der Waals surface area contributed by atoms with Crippen molar-refractivity contribution in [1.29, 1.82) is 0 Å². The van der Waals surface area contributed by atoms with Crippen LogP contribution in [0.25, 0.3) is 0 Å². The average molecular weight is 619 g/mol. The Hall–Kier alpha value is -3.24. The van der Waals surface area contributed by atoms with Crippen molar-refractivity contribution in [2.75, 3.05) is 17.4 Å². The molecule has 39 heavy (non-hydrogen) atoms. The van der Waals surface area contributed by atoms with Crippen LogP contribution < -0.4 is 9.62 Å². The monoisotopic (exact) mass is 617 g/mol. The maximum Gasteiger partial charge on any atom is 0.264 e. The van der Waals surface area contributed by atoms with Gasteiger partial charge in [-0.25, -0.2) is 12.8 Å². The molecule has 0 heterocycles. The number of benzene rings is 3. The van der Waals surface area contributed by atoms with Crippen molar-refractivity contribution in [2.24, 2.45) is 0 Å². The molecular weight excluding hydrogens is 585 g/mol. The van der Waals surface area contributed by atoms with E-state index in [1.165, 1.54) is 41.3 Å². The van der Waals surface area contributed by atoms with Gasteiger partial charge < -0.3 is 10.2 Å². The largest absolute Gasteiger partial charge is 0.354 e. The van der Waals surface area contributed by atoms with E-state index in [-0.39, 0.29) is 17.3 Å². The van der Waals surface area contributed by atoms with E-state index < -0.39 is 34.3 Å². The molecule has 0 aliphatic heterocycles. The fourth-order valence-electron chi connectivity index (χ4n) is 3.90. The molecule has 3 aromatic carbocycles. The minimum Gasteiger partial charge on any atom is -0.354 e. The van der Waals surface area contributed by atoms with Crippen molar-refractivity contribution in [3.63, 3.8) is 0 Å². The van der Waals surface area contributed by atoms with Crippen LogP contribution in [0.15, 0.2) is 82.2 Å². The molecule has 208 valence electrons. The summed E-state index contributed by atoms with van der Waals surface area (Å²) in [6.45, 7) is 5.38. The fourth-order valence-corrected chi connectivity index (χ4v) is 5.70. The first-order valence-corrected chi connectivity index (χ1v) is 14.9. The van der Waals surface area contributed by atoms with Gasteiger partial charge in [-0.05, 0) is 68.3 Å². The van der Waals surface area contributed by atoms with E-state index in [0.717, 1.165) is 22.7 Å². The quantitative estimate of drug-likeness (QED) is 0.275. The van der Waals surface area contributed by atoms with E-state index in [2.05, 4.69) is 21.2 Å². The summed E-state index contributed by atoms with van der Waals surface area (Å²) in [6.07, 6.45) is 1.68. The molecule has 7 nitrogen and oxygen atoms in total. The number of aryl methyl sites for hydroxylation is 1. The second-order valence-corrected chi connectivity index (χ2v) is 12.1. The number of amides is 2. The van der Waals surface area contributed by atoms with Crippen molar-refractivity contribution < 1.29 is 22.4 Å². The Morgan fingerprint density at radius 3 is 2.31 bits per heavy atom. The first-order chi connectivity index (χ1) is 18.5. The lowest BCUT2D eigenvalue weighted by atomic mass is 10.1. The molecule has 0 spiro atoms. The van der Waals surface area contributed by atoms with Crippen molar-refractivity contribution >= 4 is 43.5 Å². The number of hydrogen-bond donors (Lipinski definition) is 1. The van der Waals surface area contributed by atoms with Crippen LogP contribution in [-0.2, 0) is 26.2 Å². The smallest absolute Gasteiger partial charge is 0.264 e. The highest BCUT2D eigenvalue weighted by Crippen LogP contribution is 2.27. The Morgan fingerprint density at radius 1 is 1.03 bits per heavy atom. The van der Waals surface area contributed by atoms with E-state index in [4.69, 9.17) is 0 Å². The van der Waals surface area contributed by atoms with Crippen LogP contribution in [0.1, 0.15) is 37.8 Å². The molecule has 0 bridgehead atoms. The number of sulfonamides is 1. The predicted octanol–water partition coefficient (Wildman–Crippen LogP) is 5.43. The normalized spacial score (nSPS) is 12.0. The summed E-state index contributed by atoms with van der Waals surface area (Å²) in [5, 5.41) is 2.84. The minimum atomic E-state index is -4.14. The summed E-state index contributed by atoms with van der Waals surface area (Å²) in [5.74, 6) is -1.35. The number of hydrogen-bond acceptors (Lipinski definition) is 4. The van der Waals surface area contributed by atoms with Gasteiger partial charge >= 0.3 is 0 Å². The molecule has 3 aromatic rings. The van der Waals surface area contributed by atoms with Crippen molar-refractivity contribution in [1.82, 2.24) is 10.2 Å². The first-order valence-electron chi connectivity index (χ1n) is 12.7. The predicted molar refractivity (Wildman–Crippen MR) is 154 cm³/mol. The third kappa shape index (κ3) is 8.12. The number of rotatable bonds is 12. The molecule has 0 saturated heterocycles. The number of anilines is 1. The summed E-state index contributed by atoms with van der Waals surface area (Å²) in [7, 11) is -4.14. The van der Waals surface area contributed by atoms with Crippen LogP contribution in [0.2, 0.25) is 0 Å². The zero-order chi connectivity index (χ0) is 28.6. The van der Waals surface area contributed by atoms with Crippen LogP contribution in [-0.4, -0.2) is 44.3 Å². The topological polar surface area (TPSA) is 86.8 Å². The maximum absolute atomic E-state index is 13.8. The highest BCUT2D eigenvalue weighted by Gasteiger charge is 2.32. The van der Waals surface area contributed by atoms with Crippen LogP contribution in [0.5, 0.6) is 0 Å². The van der Waals surface area contributed by atoms with E-state index in [1.54, 1.807) is 43.3 Å². The van der Waals surface area contributed by atoms with Crippen molar-refractivity contribution in [3.05, 3.63) is 94.2 Å². The summed E-state index contributed by atoms with van der Waals surface area (Å²) < 4.78 is 42.8. The van der Waals surface area contributed by atoms with E-state index >= 15 is 0 Å². The van der Waals surface area contributed by atoms with E-state index in [1.807, 2.05) is 13.8 Å². The van der Waals surface area contributed by atoms with Crippen molar-refractivity contribution in [3.8, 4) is 0 Å². The second-order valence-electron chi connectivity index (χ2n) is 9.27. The molecule has 0 radical (unpaired) electrons. The van der Waals surface area contributed by atoms with Gasteiger partial charge in [0.05, 0.1) is 10.6 Å². The number of carbonyl (C=O) groups is 2. The van der Waals surface area contributed by atoms with Crippen LogP contribution in [0, 0.1) is 12.7 Å². The third-order valence-corrected chi connectivity index (χ3v) is 8.53. The molecule has 1 atom stereocenters. The van der Waals surface area contributed by atoms with Gasteiger partial charge in [0.15, 0.2) is 0 Å². The molecule has 2 amide bonds. The molecule has 0 aromatic heterocycles. The van der Waals surface area contributed by atoms with Crippen LogP contribution in [0.4, 0.5) is 10.1 Å². The molecule has 0 saturated carbocycles. The van der Waals surface area contributed by atoms with Gasteiger partial charge in [0, 0.05) is 17.6 Å². The molecule has 3 rings (SSSR count). The van der Waals surface area contributed by atoms with Crippen LogP contribution >= 0.6 is 15.9 Å². The van der Waals surface area contributed by atoms with Gasteiger partial charge in [-0.1, -0.05) is 65.2 Å². The summed E-state index contributed by atoms with van der Waals surface area (Å²) in [5.41, 5.74) is 1.79. The number of nitrogens with zero attached hydrogens (tertiary/aromatic N) is 2. The van der Waals surface area contributed by atoms with Gasteiger partial charge in [0.2, 0.25) is 11.8 Å². The molecule has 0 unspecified atom stereocenters. The Kier molecular flexibility index (Phi) is 10.7. The Morgan fingerprint density at radius 2 is 1.69 bits per heavy atom. The number of unbranched alkanes of at least 4 members (excludes halogenated alkanes) is 1. The fraction of sp³-hybridized carbons (Fsp3) is 0.310. The van der Waals surface area contributed by atoms with Crippen molar-refractivity contribution in [2.45, 2.75) is 51.1 Å². The molecule has 0 aliphatic carbocycles. The average Bonchev–Trinajstić information content (AvgIpc) is 2.91. The lowest BCUT2D eigenvalue weighted by Gasteiger charge is -2.32. The first kappa shape index (κ1) is 30.3. The SMILES string of the molecule is CCCCNC(=O)[C@H](C)N(Cc1ccc(F)cc1)C(=O)CN(c1cccc(Br)c1)S(=O)(=O)c1ccc(C)cc1. The summed E-state index contributed by atoms with van der Waals surface area (Å²) in [4.78, 5) is 28.2. The number of carbonyl (C=O) groups excluding carboxylic acids is 2. The summed E-state index contributed by atoms with van der Waals surface area (Å²) in [6, 6.07) is 17.8. The molecule has 0 fully saturated rings. The lowest BCUT2D eigenvalue weighted by molar-refractivity contribution is -0.139. The lowest BCUT2D eigenvalue weighted by Crippen LogP contribution is -2.51. The van der Waals surface area contributed by atoms with Crippen LogP contribution in [0.3, 0.4) is 0 Å². The zero-order valence-corrected chi connectivity index (χ0v) is 24.6. The Balaban J connectivity index is 1.99. The highest BCUT2D eigenvalue weighted by molar-refractivity contribution is 9.10. The van der Waals surface area contributed by atoms with Gasteiger partial charge in [0.1, 0.15) is 18.4 Å². The second kappa shape index (κ2) is 13.7. The molecule has 1 N–H and O–H groups in total. The Labute approximate surface area is 238 Å². The van der Waals surface area contributed by atoms with Gasteiger partial charge in [-0.2, -0.15) is 0 Å². The van der Waals surface area contributed by atoms with Gasteiger partial charge in [0.25, 0.3) is 10.0 Å². The maximum atomic E-state index is 13.8. The Bertz CT molecular complexity index is 1380. The highest BCUT2D eigenvalue weighted by atomic mass is 79.9. The standard InChI is InChI=1S/C29H33BrFN3O4S/c1-4-5-17-32-29(36)22(3)33(19-23-11-13-25(31)14-12-23)28(35)20-34(26-8-6-7-24(30)18-26)39(37,38)27-15-9-21(2)10-16-27/h6-16,18,22H,4-5,17,19-20H2,1-3H3,(H,32,36)/t22-/m0/s1.